The molecule has 0 bridgehead atoms. The molecule has 5 aromatic rings. The Morgan fingerprint density at radius 3 is 1.89 bits per heavy atom. The van der Waals surface area contributed by atoms with Crippen molar-refractivity contribution in [1.29, 1.82) is 0 Å². The van der Waals surface area contributed by atoms with Crippen molar-refractivity contribution in [2.24, 2.45) is 0 Å². The summed E-state index contributed by atoms with van der Waals surface area (Å²) in [5.74, 6) is -0.117. The number of ether oxygens (including phenoxy) is 2. The minimum absolute atomic E-state index is 0.208. The molecule has 0 aliphatic heterocycles. The summed E-state index contributed by atoms with van der Waals surface area (Å²) in [5.41, 5.74) is 1.77. The van der Waals surface area contributed by atoms with E-state index in [1.807, 2.05) is 13.8 Å². The number of carbonyl (C=O) groups excluding carboxylic acids is 1. The Balaban J connectivity index is 1.42. The molecule has 4 aromatic carbocycles. The van der Waals surface area contributed by atoms with Crippen LogP contribution in [-0.2, 0) is 15.1 Å². The van der Waals surface area contributed by atoms with Crippen LogP contribution >= 0.6 is 55.7 Å². The van der Waals surface area contributed by atoms with Crippen molar-refractivity contribution in [3.8, 4) is 10.6 Å². The fourth-order valence-electron chi connectivity index (χ4n) is 4.77. The van der Waals surface area contributed by atoms with E-state index < -0.39 is 11.6 Å². The zero-order chi connectivity index (χ0) is 27.2. The fraction of sp³-hybridized carbons (Fsp3) is 0.194. The summed E-state index contributed by atoms with van der Waals surface area (Å²) in [5, 5.41) is 2.60. The lowest BCUT2D eigenvalue weighted by Crippen LogP contribution is -2.28. The highest BCUT2D eigenvalue weighted by Crippen LogP contribution is 2.50. The molecule has 0 aliphatic carbocycles. The van der Waals surface area contributed by atoms with Crippen LogP contribution in [0.15, 0.2) is 72.8 Å². The minimum atomic E-state index is -0.901. The second kappa shape index (κ2) is 10.7. The molecule has 194 valence electrons. The Hall–Kier alpha value is -2.24. The Morgan fingerprint density at radius 1 is 0.842 bits per heavy atom. The number of hydrogen-bond donors (Lipinski definition) is 0. The highest BCUT2D eigenvalue weighted by molar-refractivity contribution is 14.1. The average molecular weight is 751 g/mol. The van der Waals surface area contributed by atoms with Crippen LogP contribution in [0.2, 0.25) is 0 Å². The molecule has 7 heteroatoms. The number of thiophene rings is 1. The smallest absolute Gasteiger partial charge is 0.345 e. The van der Waals surface area contributed by atoms with Crippen LogP contribution in [0.4, 0.5) is 4.39 Å². The summed E-state index contributed by atoms with van der Waals surface area (Å²) in [7, 11) is -0.216. The first-order valence-corrected chi connectivity index (χ1v) is 15.5. The molecule has 5 rings (SSSR count). The number of rotatable bonds is 6. The summed E-state index contributed by atoms with van der Waals surface area (Å²) < 4.78 is 30.1. The number of aryl methyl sites for hydroxylation is 2. The summed E-state index contributed by atoms with van der Waals surface area (Å²) >= 11 is 4.75. The zero-order valence-electron chi connectivity index (χ0n) is 21.4. The monoisotopic (exact) mass is 751 g/mol. The number of esters is 1. The van der Waals surface area contributed by atoms with Gasteiger partial charge in [-0.15, -0.1) is 0 Å². The topological polar surface area (TPSA) is 35.5 Å². The highest BCUT2D eigenvalue weighted by atomic mass is 127. The van der Waals surface area contributed by atoms with Gasteiger partial charge in [-0.2, -0.15) is 0 Å². The van der Waals surface area contributed by atoms with Crippen molar-refractivity contribution in [2.75, 3.05) is 6.61 Å². The Bertz CT molecular complexity index is 1610. The molecule has 0 saturated heterocycles. The number of carbonyl (C=O) groups is 1. The third kappa shape index (κ3) is 5.42. The number of benzene rings is 4. The number of fused-ring (bicyclic) bond motifs is 3. The summed E-state index contributed by atoms with van der Waals surface area (Å²) in [6.45, 7) is 7.39. The predicted octanol–water partition coefficient (Wildman–Crippen LogP) is 9.55. The third-order valence-electron chi connectivity index (χ3n) is 6.53. The van der Waals surface area contributed by atoms with Crippen LogP contribution in [0.5, 0.6) is 5.75 Å². The van der Waals surface area contributed by atoms with Gasteiger partial charge in [0.05, 0.1) is 0 Å². The lowest BCUT2D eigenvalue weighted by molar-refractivity contribution is -0.159. The maximum absolute atomic E-state index is 13.3. The molecule has 1 heterocycles. The number of hydrogen-bond acceptors (Lipinski definition) is 3. The molecule has 0 atom stereocenters. The second-order valence-corrected chi connectivity index (χ2v) is 14.2. The number of halogens is 3. The molecule has 0 spiro atoms. The molecule has 0 amide bonds. The summed E-state index contributed by atoms with van der Waals surface area (Å²) in [4.78, 5) is 13.9. The third-order valence-corrected chi connectivity index (χ3v) is 10.2. The normalized spacial score (nSPS) is 11.8. The van der Waals surface area contributed by atoms with Gasteiger partial charge in [0.2, 0.25) is 0 Å². The molecule has 0 N–H and O–H groups in total. The van der Waals surface area contributed by atoms with Crippen LogP contribution in [0.1, 0.15) is 30.5 Å². The van der Waals surface area contributed by atoms with Crippen molar-refractivity contribution in [3.05, 3.63) is 102 Å². The van der Waals surface area contributed by atoms with Crippen LogP contribution < -0.4 is 4.74 Å². The maximum Gasteiger partial charge on any atom is 0.345 e. The van der Waals surface area contributed by atoms with Gasteiger partial charge < -0.3 is 9.47 Å². The van der Waals surface area contributed by atoms with E-state index in [0.29, 0.717) is 11.3 Å². The van der Waals surface area contributed by atoms with Crippen molar-refractivity contribution < 1.29 is 18.7 Å². The van der Waals surface area contributed by atoms with Gasteiger partial charge in [-0.05, 0) is 138 Å². The van der Waals surface area contributed by atoms with E-state index in [9.17, 15) is 9.18 Å². The van der Waals surface area contributed by atoms with E-state index in [1.54, 1.807) is 26.0 Å². The standard InChI is InChI=1S/C31H26FI2O3S/c1-18-13-24(38-27-11-9-22(33)15-25(27)26-16-23(34)10-12-28(26)38)14-19(2)30(18)36-17-29(35)37-31(3,4)20-5-7-21(32)8-6-20/h5-16H,17H2,1-4H3/q+1. The highest BCUT2D eigenvalue weighted by Gasteiger charge is 2.27. The SMILES string of the molecule is Cc1cc(-[s+]2c3ccc(I)cc3c3cc(I)ccc32)cc(C)c1OCC(=O)OC(C)(C)c1ccc(F)cc1. The lowest BCUT2D eigenvalue weighted by Gasteiger charge is -2.25. The molecule has 0 radical (unpaired) electrons. The molecule has 0 saturated carbocycles. The van der Waals surface area contributed by atoms with Crippen LogP contribution in [0, 0.1) is 26.8 Å². The first-order valence-electron chi connectivity index (χ1n) is 12.1. The van der Waals surface area contributed by atoms with E-state index in [0.717, 1.165) is 11.1 Å². The lowest BCUT2D eigenvalue weighted by atomic mass is 9.98. The predicted molar refractivity (Wildman–Crippen MR) is 171 cm³/mol. The van der Waals surface area contributed by atoms with Gasteiger partial charge in [0, 0.05) is 40.5 Å². The molecule has 0 fully saturated rings. The van der Waals surface area contributed by atoms with E-state index in [2.05, 4.69) is 93.7 Å². The van der Waals surface area contributed by atoms with Gasteiger partial charge in [0.15, 0.2) is 20.9 Å². The zero-order valence-corrected chi connectivity index (χ0v) is 26.5. The van der Waals surface area contributed by atoms with Crippen molar-refractivity contribution >= 4 is 81.8 Å². The minimum Gasteiger partial charge on any atom is -0.481 e. The van der Waals surface area contributed by atoms with Crippen LogP contribution in [-0.4, -0.2) is 12.6 Å². The van der Waals surface area contributed by atoms with Gasteiger partial charge in [0.25, 0.3) is 0 Å². The molecular formula is C31H26FI2O3S+. The largest absolute Gasteiger partial charge is 0.481 e. The quantitative estimate of drug-likeness (QED) is 0.0986. The average Bonchev–Trinajstić information content (AvgIpc) is 3.16. The molecule has 38 heavy (non-hydrogen) atoms. The molecule has 0 aliphatic rings. The summed E-state index contributed by atoms with van der Waals surface area (Å²) in [6.07, 6.45) is 0. The Kier molecular flexibility index (Phi) is 7.72. The van der Waals surface area contributed by atoms with Crippen LogP contribution in [0.3, 0.4) is 0 Å². The van der Waals surface area contributed by atoms with Gasteiger partial charge >= 0.3 is 5.97 Å². The molecule has 1 aromatic heterocycles. The van der Waals surface area contributed by atoms with Crippen molar-refractivity contribution in [3.63, 3.8) is 0 Å². The van der Waals surface area contributed by atoms with Crippen molar-refractivity contribution in [2.45, 2.75) is 33.3 Å². The second-order valence-electron chi connectivity index (χ2n) is 9.75. The van der Waals surface area contributed by atoms with Crippen LogP contribution in [0.25, 0.3) is 25.1 Å². The Labute approximate surface area is 251 Å². The van der Waals surface area contributed by atoms with E-state index in [4.69, 9.17) is 9.47 Å². The van der Waals surface area contributed by atoms with E-state index >= 15 is 0 Å². The molecule has 3 nitrogen and oxygen atoms in total. The van der Waals surface area contributed by atoms with Crippen molar-refractivity contribution in [1.82, 2.24) is 0 Å². The summed E-state index contributed by atoms with van der Waals surface area (Å²) in [6, 6.07) is 23.7. The first kappa shape index (κ1) is 27.3. The van der Waals surface area contributed by atoms with Gasteiger partial charge in [-0.3, -0.25) is 0 Å². The van der Waals surface area contributed by atoms with E-state index in [1.165, 1.54) is 44.3 Å². The van der Waals surface area contributed by atoms with Gasteiger partial charge in [-0.25, -0.2) is 9.18 Å². The van der Waals surface area contributed by atoms with E-state index in [-0.39, 0.29) is 22.9 Å². The first-order chi connectivity index (χ1) is 18.0. The van der Waals surface area contributed by atoms with Gasteiger partial charge in [0.1, 0.15) is 17.2 Å². The fourth-order valence-corrected chi connectivity index (χ4v) is 8.27. The Morgan fingerprint density at radius 2 is 1.37 bits per heavy atom. The van der Waals surface area contributed by atoms with Gasteiger partial charge in [-0.1, -0.05) is 12.1 Å². The maximum atomic E-state index is 13.3. The molecule has 0 unspecified atom stereocenters. The molecular weight excluding hydrogens is 725 g/mol.